The number of nitrogens with zero attached hydrogens (tertiary/aromatic N) is 1. The van der Waals surface area contributed by atoms with Crippen LogP contribution in [0.1, 0.15) is 32.6 Å². The van der Waals surface area contributed by atoms with Crippen LogP contribution in [0.3, 0.4) is 0 Å². The van der Waals surface area contributed by atoms with Crippen molar-refractivity contribution in [3.8, 4) is 0 Å². The first-order chi connectivity index (χ1) is 9.11. The molecule has 0 amide bonds. The molecule has 4 heteroatoms. The molecule has 1 atom stereocenters. The number of hydrogen-bond donors (Lipinski definition) is 1. The molecule has 2 nitrogen and oxygen atoms in total. The van der Waals surface area contributed by atoms with Gasteiger partial charge in [0.25, 0.3) is 0 Å². The van der Waals surface area contributed by atoms with Crippen LogP contribution < -0.4 is 10.2 Å². The van der Waals surface area contributed by atoms with Gasteiger partial charge in [0.05, 0.1) is 5.69 Å². The van der Waals surface area contributed by atoms with Gasteiger partial charge in [0.15, 0.2) is 0 Å². The van der Waals surface area contributed by atoms with Crippen molar-refractivity contribution < 1.29 is 4.39 Å². The average molecular weight is 327 g/mol. The topological polar surface area (TPSA) is 15.3 Å². The predicted molar refractivity (Wildman–Crippen MR) is 80.1 cm³/mol. The Morgan fingerprint density at radius 2 is 2.11 bits per heavy atom. The highest BCUT2D eigenvalue weighted by Crippen LogP contribution is 2.38. The molecule has 104 valence electrons. The molecule has 2 fully saturated rings. The van der Waals surface area contributed by atoms with Crippen LogP contribution in [0.15, 0.2) is 22.7 Å². The second kappa shape index (κ2) is 5.06. The largest absolute Gasteiger partial charge is 0.362 e. The van der Waals surface area contributed by atoms with Crippen molar-refractivity contribution in [3.05, 3.63) is 28.5 Å². The van der Waals surface area contributed by atoms with Crippen molar-refractivity contribution in [2.45, 2.75) is 44.2 Å². The van der Waals surface area contributed by atoms with Gasteiger partial charge >= 0.3 is 0 Å². The zero-order valence-corrected chi connectivity index (χ0v) is 12.8. The molecule has 0 radical (unpaired) electrons. The van der Waals surface area contributed by atoms with E-state index in [1.165, 1.54) is 25.7 Å². The molecule has 1 saturated heterocycles. The van der Waals surface area contributed by atoms with Crippen LogP contribution in [0.5, 0.6) is 0 Å². The Balaban J connectivity index is 1.93. The number of piperazine rings is 1. The summed E-state index contributed by atoms with van der Waals surface area (Å²) < 4.78 is 15.0. The van der Waals surface area contributed by atoms with Crippen molar-refractivity contribution in [3.63, 3.8) is 0 Å². The van der Waals surface area contributed by atoms with E-state index >= 15 is 0 Å². The van der Waals surface area contributed by atoms with E-state index < -0.39 is 0 Å². The fourth-order valence-corrected chi connectivity index (χ4v) is 4.03. The Morgan fingerprint density at radius 1 is 1.37 bits per heavy atom. The Hall–Kier alpha value is -0.610. The molecular weight excluding hydrogens is 307 g/mol. The SMILES string of the molecule is CC1CNC2(CCCC2)CN1c1c(F)cccc1Br. The van der Waals surface area contributed by atoms with Crippen molar-refractivity contribution in [2.75, 3.05) is 18.0 Å². The quantitative estimate of drug-likeness (QED) is 0.846. The van der Waals surface area contributed by atoms with E-state index in [0.29, 0.717) is 6.04 Å². The van der Waals surface area contributed by atoms with Gasteiger partial charge in [0, 0.05) is 29.1 Å². The minimum absolute atomic E-state index is 0.128. The second-order valence-corrected chi connectivity index (χ2v) is 6.77. The van der Waals surface area contributed by atoms with Gasteiger partial charge in [-0.25, -0.2) is 4.39 Å². The standard InChI is InChI=1S/C15H20BrFN2/c1-11-9-18-15(7-2-3-8-15)10-19(11)14-12(16)5-4-6-13(14)17/h4-6,11,18H,2-3,7-10H2,1H3. The lowest BCUT2D eigenvalue weighted by Crippen LogP contribution is -2.62. The van der Waals surface area contributed by atoms with Crippen molar-refractivity contribution in [1.29, 1.82) is 0 Å². The molecule has 1 aliphatic carbocycles. The third-order valence-corrected chi connectivity index (χ3v) is 5.20. The van der Waals surface area contributed by atoms with Crippen LogP contribution in [-0.4, -0.2) is 24.7 Å². The number of halogens is 2. The molecular formula is C15H20BrFN2. The minimum atomic E-state index is -0.128. The summed E-state index contributed by atoms with van der Waals surface area (Å²) >= 11 is 3.51. The molecule has 0 aromatic heterocycles. The van der Waals surface area contributed by atoms with Crippen LogP contribution in [0.25, 0.3) is 0 Å². The summed E-state index contributed by atoms with van der Waals surface area (Å²) in [6, 6.07) is 5.55. The van der Waals surface area contributed by atoms with E-state index in [1.54, 1.807) is 12.1 Å². The molecule has 1 aromatic carbocycles. The van der Waals surface area contributed by atoms with E-state index in [4.69, 9.17) is 0 Å². The maximum atomic E-state index is 14.2. The molecule has 1 unspecified atom stereocenters. The van der Waals surface area contributed by atoms with Crippen LogP contribution >= 0.6 is 15.9 Å². The van der Waals surface area contributed by atoms with Crippen LogP contribution in [0, 0.1) is 5.82 Å². The lowest BCUT2D eigenvalue weighted by Gasteiger charge is -2.46. The zero-order chi connectivity index (χ0) is 13.5. The zero-order valence-electron chi connectivity index (χ0n) is 11.3. The first kappa shape index (κ1) is 13.4. The monoisotopic (exact) mass is 326 g/mol. The lowest BCUT2D eigenvalue weighted by atomic mass is 9.92. The highest BCUT2D eigenvalue weighted by molar-refractivity contribution is 9.10. The van der Waals surface area contributed by atoms with Crippen molar-refractivity contribution in [2.24, 2.45) is 0 Å². The van der Waals surface area contributed by atoms with Gasteiger partial charge in [-0.2, -0.15) is 0 Å². The van der Waals surface area contributed by atoms with Crippen molar-refractivity contribution in [1.82, 2.24) is 5.32 Å². The molecule has 1 saturated carbocycles. The van der Waals surface area contributed by atoms with E-state index in [1.807, 2.05) is 6.07 Å². The molecule has 1 aliphatic heterocycles. The summed E-state index contributed by atoms with van der Waals surface area (Å²) in [7, 11) is 0. The summed E-state index contributed by atoms with van der Waals surface area (Å²) in [6.07, 6.45) is 4.99. The van der Waals surface area contributed by atoms with Gasteiger partial charge in [-0.3, -0.25) is 0 Å². The first-order valence-electron chi connectivity index (χ1n) is 7.07. The van der Waals surface area contributed by atoms with E-state index in [-0.39, 0.29) is 11.4 Å². The molecule has 3 rings (SSSR count). The maximum absolute atomic E-state index is 14.2. The second-order valence-electron chi connectivity index (χ2n) is 5.92. The Bertz CT molecular complexity index is 451. The number of rotatable bonds is 1. The van der Waals surface area contributed by atoms with Crippen molar-refractivity contribution >= 4 is 21.6 Å². The average Bonchev–Trinajstić information content (AvgIpc) is 2.82. The molecule has 1 heterocycles. The summed E-state index contributed by atoms with van der Waals surface area (Å²) in [4.78, 5) is 2.24. The number of benzene rings is 1. The third-order valence-electron chi connectivity index (χ3n) is 4.56. The van der Waals surface area contributed by atoms with E-state index in [0.717, 1.165) is 23.2 Å². The van der Waals surface area contributed by atoms with Gasteiger partial charge in [0.1, 0.15) is 5.82 Å². The number of nitrogens with one attached hydrogen (secondary N) is 1. The highest BCUT2D eigenvalue weighted by atomic mass is 79.9. The number of hydrogen-bond acceptors (Lipinski definition) is 2. The lowest BCUT2D eigenvalue weighted by molar-refractivity contribution is 0.275. The molecule has 0 bridgehead atoms. The van der Waals surface area contributed by atoms with Gasteiger partial charge in [-0.1, -0.05) is 18.9 Å². The smallest absolute Gasteiger partial charge is 0.147 e. The van der Waals surface area contributed by atoms with Gasteiger partial charge in [0.2, 0.25) is 0 Å². The normalized spacial score (nSPS) is 26.1. The predicted octanol–water partition coefficient (Wildman–Crippen LogP) is 3.70. The van der Waals surface area contributed by atoms with Gasteiger partial charge in [-0.15, -0.1) is 0 Å². The first-order valence-corrected chi connectivity index (χ1v) is 7.86. The number of para-hydroxylation sites is 1. The minimum Gasteiger partial charge on any atom is -0.362 e. The molecule has 1 spiro atoms. The Labute approximate surface area is 122 Å². The summed E-state index contributed by atoms with van der Waals surface area (Å²) in [5.74, 6) is -0.128. The molecule has 19 heavy (non-hydrogen) atoms. The fraction of sp³-hybridized carbons (Fsp3) is 0.600. The van der Waals surface area contributed by atoms with Crippen LogP contribution in [0.4, 0.5) is 10.1 Å². The Morgan fingerprint density at radius 3 is 2.79 bits per heavy atom. The summed E-state index contributed by atoms with van der Waals surface area (Å²) in [5, 5.41) is 3.70. The molecule has 1 aromatic rings. The van der Waals surface area contributed by atoms with E-state index in [2.05, 4.69) is 33.1 Å². The number of anilines is 1. The molecule has 2 aliphatic rings. The molecule has 1 N–H and O–H groups in total. The maximum Gasteiger partial charge on any atom is 0.147 e. The Kier molecular flexibility index (Phi) is 3.56. The van der Waals surface area contributed by atoms with Crippen LogP contribution in [-0.2, 0) is 0 Å². The van der Waals surface area contributed by atoms with Crippen LogP contribution in [0.2, 0.25) is 0 Å². The highest BCUT2D eigenvalue weighted by Gasteiger charge is 2.40. The van der Waals surface area contributed by atoms with Gasteiger partial charge in [-0.05, 0) is 47.8 Å². The van der Waals surface area contributed by atoms with E-state index in [9.17, 15) is 4.39 Å². The third kappa shape index (κ3) is 2.40. The van der Waals surface area contributed by atoms with Gasteiger partial charge < -0.3 is 10.2 Å². The fourth-order valence-electron chi connectivity index (χ4n) is 3.46. The summed E-state index contributed by atoms with van der Waals surface area (Å²) in [5.41, 5.74) is 0.927. The summed E-state index contributed by atoms with van der Waals surface area (Å²) in [6.45, 7) is 4.00.